The van der Waals surface area contributed by atoms with Crippen molar-refractivity contribution in [2.75, 3.05) is 78.3 Å². The third-order valence-corrected chi connectivity index (χ3v) is 14.6. The Morgan fingerprint density at radius 1 is 0.508 bits per heavy atom. The molecule has 4 heterocycles. The van der Waals surface area contributed by atoms with E-state index in [0.29, 0.717) is 0 Å². The van der Waals surface area contributed by atoms with Crippen molar-refractivity contribution in [2.45, 2.75) is 42.1 Å². The maximum atomic E-state index is 2.50. The van der Waals surface area contributed by atoms with E-state index < -0.39 is 0 Å². The molecule has 0 unspecified atom stereocenters. The molecule has 8 heteroatoms. The van der Waals surface area contributed by atoms with Crippen LogP contribution in [0.5, 0.6) is 0 Å². The van der Waals surface area contributed by atoms with Gasteiger partial charge in [-0.2, -0.15) is 9.13 Å². The van der Waals surface area contributed by atoms with E-state index >= 15 is 0 Å². The van der Waals surface area contributed by atoms with E-state index in [1.54, 1.807) is 0 Å². The smallest absolute Gasteiger partial charge is 0.213 e. The first-order valence-electron chi connectivity index (χ1n) is 21.8. The van der Waals surface area contributed by atoms with Crippen LogP contribution in [-0.4, -0.2) is 77.4 Å². The van der Waals surface area contributed by atoms with Crippen LogP contribution >= 0.6 is 23.5 Å². The summed E-state index contributed by atoms with van der Waals surface area (Å²) in [6.07, 6.45) is 21.5. The molecule has 2 aliphatic rings. The Kier molecular flexibility index (Phi) is 13.2. The van der Waals surface area contributed by atoms with Crippen LogP contribution in [0.3, 0.4) is 0 Å². The normalized spacial score (nSPS) is 16.5. The number of fused-ring (bicyclic) bond motifs is 4. The summed E-state index contributed by atoms with van der Waals surface area (Å²) >= 11 is 3.67. The molecule has 2 aliphatic heterocycles. The molecule has 0 aliphatic carbocycles. The number of nitrogens with zero attached hydrogens (tertiary/aromatic N) is 6. The molecule has 6 nitrogen and oxygen atoms in total. The molecule has 0 saturated carbocycles. The van der Waals surface area contributed by atoms with Crippen LogP contribution in [-0.2, 0) is 13.1 Å². The summed E-state index contributed by atoms with van der Waals surface area (Å²) in [7, 11) is 13.8. The first-order valence-corrected chi connectivity index (χ1v) is 23.4. The molecule has 6 aromatic rings. The highest BCUT2D eigenvalue weighted by atomic mass is 32.2. The zero-order valence-electron chi connectivity index (χ0n) is 36.9. The number of aromatic nitrogens is 2. The molecule has 0 bridgehead atoms. The molecular formula is C53H62N6S2+4. The van der Waals surface area contributed by atoms with Gasteiger partial charge >= 0.3 is 0 Å². The van der Waals surface area contributed by atoms with Crippen molar-refractivity contribution < 1.29 is 18.1 Å². The number of rotatable bonds is 16. The van der Waals surface area contributed by atoms with Gasteiger partial charge in [-0.1, -0.05) is 96.4 Å². The van der Waals surface area contributed by atoms with Gasteiger partial charge in [0.05, 0.1) is 99.4 Å². The quantitative estimate of drug-likeness (QED) is 0.0711. The van der Waals surface area contributed by atoms with Crippen LogP contribution in [0.1, 0.15) is 30.4 Å². The second kappa shape index (κ2) is 18.9. The standard InChI is InChI=1S/C53H62N6S2/c1-54-48-26-11-13-28-50(48)60-52(54)30-15-20-42-32-36-56(46-24-9-7-22-44(42)46)34-17-39-59(6,41-19-38-58(3,4)5)40-18-35-57-37-33-43(45-23-8-10-25-47(45)57)21-16-31-53-55(2)49-27-12-14-29-51(49)61-53/h7-16,20-33,36-37H,17-19,34-35,38-41H2,1-6H3/q+4. The Bertz CT molecular complexity index is 2470. The lowest BCUT2D eigenvalue weighted by Crippen LogP contribution is -2.50. The number of para-hydroxylation sites is 4. The molecule has 8 rings (SSSR count). The largest absolute Gasteiger partial charge is 0.338 e. The van der Waals surface area contributed by atoms with Gasteiger partial charge in [-0.25, -0.2) is 0 Å². The molecule has 0 fully saturated rings. The number of pyridine rings is 2. The number of aryl methyl sites for hydroxylation is 2. The number of hydrogen-bond acceptors (Lipinski definition) is 4. The average molecular weight is 847 g/mol. The average Bonchev–Trinajstić information content (AvgIpc) is 3.76. The SMILES string of the molecule is CN1C(=CC=Cc2cc[n+](CCC[N+](C)(CCC[n+]3ccc(C=CC=C4Sc5ccccc5N4C)c4ccccc43)CCC[N+](C)(C)C)c3ccccc23)Sc2ccccc21. The lowest BCUT2D eigenvalue weighted by atomic mass is 10.1. The number of benzene rings is 4. The van der Waals surface area contributed by atoms with E-state index in [9.17, 15) is 0 Å². The number of quaternary nitrogens is 2. The van der Waals surface area contributed by atoms with Crippen molar-refractivity contribution in [3.63, 3.8) is 0 Å². The Balaban J connectivity index is 0.922. The second-order valence-corrected chi connectivity index (χ2v) is 19.9. The van der Waals surface area contributed by atoms with Crippen molar-refractivity contribution >= 4 is 68.9 Å². The minimum atomic E-state index is 1.00. The summed E-state index contributed by atoms with van der Waals surface area (Å²) in [5.41, 5.74) is 7.64. The molecule has 0 atom stereocenters. The van der Waals surface area contributed by atoms with Gasteiger partial charge in [-0.15, -0.1) is 0 Å². The van der Waals surface area contributed by atoms with Gasteiger partial charge in [0.15, 0.2) is 25.5 Å². The van der Waals surface area contributed by atoms with Gasteiger partial charge in [-0.05, 0) is 59.7 Å². The summed E-state index contributed by atoms with van der Waals surface area (Å²) in [4.78, 5) is 7.18. The van der Waals surface area contributed by atoms with Gasteiger partial charge in [0.25, 0.3) is 0 Å². The maximum absolute atomic E-state index is 2.50. The van der Waals surface area contributed by atoms with Crippen LogP contribution < -0.4 is 18.9 Å². The van der Waals surface area contributed by atoms with Crippen molar-refractivity contribution in [2.24, 2.45) is 0 Å². The van der Waals surface area contributed by atoms with Gasteiger partial charge in [-0.3, -0.25) is 0 Å². The highest BCUT2D eigenvalue weighted by Crippen LogP contribution is 2.45. The summed E-state index contributed by atoms with van der Waals surface area (Å²) in [5, 5.41) is 5.08. The van der Waals surface area contributed by atoms with Crippen LogP contribution in [0.2, 0.25) is 0 Å². The Hall–Kier alpha value is -5.12. The predicted octanol–water partition coefficient (Wildman–Crippen LogP) is 10.8. The first kappa shape index (κ1) is 42.6. The predicted molar refractivity (Wildman–Crippen MR) is 261 cm³/mol. The molecular weight excluding hydrogens is 785 g/mol. The van der Waals surface area contributed by atoms with E-state index in [-0.39, 0.29) is 0 Å². The molecule has 2 aromatic heterocycles. The fourth-order valence-corrected chi connectivity index (χ4v) is 10.9. The number of allylic oxidation sites excluding steroid dienone is 4. The lowest BCUT2D eigenvalue weighted by Gasteiger charge is -2.35. The topological polar surface area (TPSA) is 14.2 Å². The van der Waals surface area contributed by atoms with E-state index in [2.05, 4.69) is 219 Å². The van der Waals surface area contributed by atoms with E-state index in [1.807, 2.05) is 23.5 Å². The van der Waals surface area contributed by atoms with Crippen LogP contribution in [0.4, 0.5) is 11.4 Å². The van der Waals surface area contributed by atoms with Gasteiger partial charge in [0, 0.05) is 54.6 Å². The van der Waals surface area contributed by atoms with Crippen LogP contribution in [0.15, 0.2) is 166 Å². The third kappa shape index (κ3) is 10.2. The molecule has 0 saturated heterocycles. The zero-order chi connectivity index (χ0) is 42.4. The Labute approximate surface area is 372 Å². The molecule has 61 heavy (non-hydrogen) atoms. The summed E-state index contributed by atoms with van der Waals surface area (Å²) in [5.74, 6) is 0. The van der Waals surface area contributed by atoms with E-state index in [0.717, 1.165) is 48.0 Å². The van der Waals surface area contributed by atoms with Crippen molar-refractivity contribution in [1.82, 2.24) is 0 Å². The number of thioether (sulfide) groups is 2. The van der Waals surface area contributed by atoms with Gasteiger partial charge in [0.1, 0.15) is 0 Å². The molecule has 0 spiro atoms. The Morgan fingerprint density at radius 2 is 0.934 bits per heavy atom. The minimum absolute atomic E-state index is 1.00. The van der Waals surface area contributed by atoms with Crippen LogP contribution in [0, 0.1) is 0 Å². The van der Waals surface area contributed by atoms with Gasteiger partial charge in [0.2, 0.25) is 11.0 Å². The minimum Gasteiger partial charge on any atom is -0.338 e. The second-order valence-electron chi connectivity index (χ2n) is 17.8. The molecule has 0 N–H and O–H groups in total. The van der Waals surface area contributed by atoms with E-state index in [1.165, 1.54) is 83.7 Å². The van der Waals surface area contributed by atoms with Crippen molar-refractivity contribution in [1.29, 1.82) is 0 Å². The summed E-state index contributed by atoms with van der Waals surface area (Å²) in [6, 6.07) is 39.6. The molecule has 4 aromatic carbocycles. The fraction of sp³-hybridized carbons (Fsp3) is 0.283. The molecule has 0 radical (unpaired) electrons. The third-order valence-electron chi connectivity index (χ3n) is 12.2. The van der Waals surface area contributed by atoms with Crippen molar-refractivity contribution in [3.05, 3.63) is 167 Å². The van der Waals surface area contributed by atoms with E-state index in [4.69, 9.17) is 0 Å². The van der Waals surface area contributed by atoms with Crippen molar-refractivity contribution in [3.8, 4) is 0 Å². The monoisotopic (exact) mass is 846 g/mol. The summed E-state index contributed by atoms with van der Waals surface area (Å²) in [6.45, 7) is 6.71. The number of hydrogen-bond donors (Lipinski definition) is 0. The molecule has 312 valence electrons. The zero-order valence-corrected chi connectivity index (χ0v) is 38.5. The lowest BCUT2D eigenvalue weighted by molar-refractivity contribution is -0.920. The van der Waals surface area contributed by atoms with Crippen LogP contribution in [0.25, 0.3) is 34.0 Å². The highest BCUT2D eigenvalue weighted by Gasteiger charge is 2.26. The van der Waals surface area contributed by atoms with Gasteiger partial charge < -0.3 is 18.8 Å². The molecule has 0 amide bonds. The Morgan fingerprint density at radius 3 is 1.39 bits per heavy atom. The number of anilines is 2. The fourth-order valence-electron chi connectivity index (χ4n) is 8.81. The first-order chi connectivity index (χ1) is 29.6. The maximum Gasteiger partial charge on any atom is 0.213 e. The highest BCUT2D eigenvalue weighted by molar-refractivity contribution is 8.04. The summed E-state index contributed by atoms with van der Waals surface area (Å²) < 4.78 is 7.04.